The molecule has 0 radical (unpaired) electrons. The van der Waals surface area contributed by atoms with Crippen molar-refractivity contribution >= 4 is 38.9 Å². The maximum absolute atomic E-state index is 12.7. The molecule has 1 saturated heterocycles. The van der Waals surface area contributed by atoms with Crippen LogP contribution in [0.25, 0.3) is 0 Å². The highest BCUT2D eigenvalue weighted by molar-refractivity contribution is 7.91. The van der Waals surface area contributed by atoms with E-state index in [1.807, 2.05) is 0 Å². The fraction of sp³-hybridized carbons (Fsp3) is 0.333. The Kier molecular flexibility index (Phi) is 5.93. The quantitative estimate of drug-likeness (QED) is 0.768. The Labute approximate surface area is 162 Å². The van der Waals surface area contributed by atoms with E-state index in [9.17, 15) is 18.0 Å². The molecule has 1 aliphatic heterocycles. The number of para-hydroxylation sites is 1. The van der Waals surface area contributed by atoms with Gasteiger partial charge in [-0.15, -0.1) is 11.3 Å². The van der Waals surface area contributed by atoms with Gasteiger partial charge in [0.05, 0.1) is 24.3 Å². The predicted octanol–water partition coefficient (Wildman–Crippen LogP) is 2.57. The molecule has 0 saturated carbocycles. The summed E-state index contributed by atoms with van der Waals surface area (Å²) in [6.07, 6.45) is 1.18. The fourth-order valence-electron chi connectivity index (χ4n) is 3.03. The molecule has 1 aliphatic rings. The number of methoxy groups -OCH3 is 1. The van der Waals surface area contributed by atoms with Crippen LogP contribution >= 0.6 is 11.3 Å². The van der Waals surface area contributed by atoms with E-state index in [0.29, 0.717) is 25.1 Å². The van der Waals surface area contributed by atoms with Crippen LogP contribution in [0.3, 0.4) is 0 Å². The van der Waals surface area contributed by atoms with E-state index in [1.165, 1.54) is 11.4 Å². The van der Waals surface area contributed by atoms with E-state index in [-0.39, 0.29) is 22.2 Å². The molecule has 1 aromatic carbocycles. The molecule has 1 fully saturated rings. The van der Waals surface area contributed by atoms with Crippen LogP contribution in [0.4, 0.5) is 5.69 Å². The third kappa shape index (κ3) is 4.20. The Morgan fingerprint density at radius 3 is 2.70 bits per heavy atom. The lowest BCUT2D eigenvalue weighted by molar-refractivity contribution is -0.120. The van der Waals surface area contributed by atoms with Crippen LogP contribution in [-0.2, 0) is 19.6 Å². The summed E-state index contributed by atoms with van der Waals surface area (Å²) in [6, 6.07) is 9.82. The van der Waals surface area contributed by atoms with Crippen LogP contribution in [0.5, 0.6) is 0 Å². The van der Waals surface area contributed by atoms with Gasteiger partial charge >= 0.3 is 5.97 Å². The fourth-order valence-corrected chi connectivity index (χ4v) is 5.70. The number of esters is 1. The summed E-state index contributed by atoms with van der Waals surface area (Å²) in [6.45, 7) is 0.509. The highest BCUT2D eigenvalue weighted by Gasteiger charge is 2.34. The van der Waals surface area contributed by atoms with Gasteiger partial charge in [-0.3, -0.25) is 4.79 Å². The molecular weight excluding hydrogens is 388 g/mol. The number of carbonyl (C=O) groups excluding carboxylic acids is 2. The molecule has 1 N–H and O–H groups in total. The van der Waals surface area contributed by atoms with Gasteiger partial charge in [0, 0.05) is 13.1 Å². The minimum atomic E-state index is -3.59. The second-order valence-corrected chi connectivity index (χ2v) is 9.27. The van der Waals surface area contributed by atoms with Gasteiger partial charge in [-0.2, -0.15) is 4.31 Å². The van der Waals surface area contributed by atoms with Gasteiger partial charge in [-0.25, -0.2) is 13.2 Å². The summed E-state index contributed by atoms with van der Waals surface area (Å²) in [7, 11) is -2.31. The number of piperidine rings is 1. The molecule has 0 aliphatic carbocycles. The zero-order chi connectivity index (χ0) is 19.4. The van der Waals surface area contributed by atoms with Gasteiger partial charge in [0.25, 0.3) is 10.0 Å². The van der Waals surface area contributed by atoms with E-state index in [4.69, 9.17) is 4.74 Å². The number of anilines is 1. The van der Waals surface area contributed by atoms with E-state index in [2.05, 4.69) is 5.32 Å². The lowest BCUT2D eigenvalue weighted by Gasteiger charge is -2.30. The number of sulfonamides is 1. The van der Waals surface area contributed by atoms with Gasteiger partial charge in [-0.05, 0) is 36.4 Å². The van der Waals surface area contributed by atoms with Crippen LogP contribution in [0.15, 0.2) is 46.0 Å². The van der Waals surface area contributed by atoms with E-state index in [1.54, 1.807) is 41.8 Å². The predicted molar refractivity (Wildman–Crippen MR) is 102 cm³/mol. The zero-order valence-electron chi connectivity index (χ0n) is 14.8. The van der Waals surface area contributed by atoms with Gasteiger partial charge in [0.15, 0.2) is 0 Å². The smallest absolute Gasteiger partial charge is 0.339 e. The molecule has 9 heteroatoms. The number of carbonyl (C=O) groups is 2. The van der Waals surface area contributed by atoms with Crippen molar-refractivity contribution in [2.45, 2.75) is 17.1 Å². The molecule has 2 heterocycles. The van der Waals surface area contributed by atoms with Crippen molar-refractivity contribution < 1.29 is 22.7 Å². The third-order valence-corrected chi connectivity index (χ3v) is 7.67. The van der Waals surface area contributed by atoms with Gasteiger partial charge in [-0.1, -0.05) is 18.2 Å². The summed E-state index contributed by atoms with van der Waals surface area (Å²) in [4.78, 5) is 24.6. The second kappa shape index (κ2) is 8.20. The number of amides is 1. The Morgan fingerprint density at radius 2 is 2.00 bits per heavy atom. The number of benzene rings is 1. The van der Waals surface area contributed by atoms with Crippen molar-refractivity contribution in [3.63, 3.8) is 0 Å². The molecule has 7 nitrogen and oxygen atoms in total. The van der Waals surface area contributed by atoms with Gasteiger partial charge in [0.2, 0.25) is 5.91 Å². The average Bonchev–Trinajstić information content (AvgIpc) is 3.23. The molecule has 1 unspecified atom stereocenters. The molecule has 144 valence electrons. The Morgan fingerprint density at radius 1 is 1.22 bits per heavy atom. The van der Waals surface area contributed by atoms with Crippen LogP contribution in [0, 0.1) is 5.92 Å². The first-order valence-electron chi connectivity index (χ1n) is 8.45. The average molecular weight is 409 g/mol. The Balaban J connectivity index is 1.74. The molecule has 0 bridgehead atoms. The van der Waals surface area contributed by atoms with Crippen LogP contribution < -0.4 is 5.32 Å². The summed E-state index contributed by atoms with van der Waals surface area (Å²) in [5.41, 5.74) is 0.611. The first-order chi connectivity index (χ1) is 12.9. The third-order valence-electron chi connectivity index (χ3n) is 4.43. The molecule has 1 aromatic heterocycles. The first-order valence-corrected chi connectivity index (χ1v) is 10.8. The number of hydrogen-bond acceptors (Lipinski definition) is 6. The molecular formula is C18H20N2O5S2. The number of nitrogens with zero attached hydrogens (tertiary/aromatic N) is 1. The first kappa shape index (κ1) is 19.5. The van der Waals surface area contributed by atoms with Crippen LogP contribution in [0.1, 0.15) is 23.2 Å². The highest BCUT2D eigenvalue weighted by Crippen LogP contribution is 2.27. The van der Waals surface area contributed by atoms with Gasteiger partial charge < -0.3 is 10.1 Å². The highest BCUT2D eigenvalue weighted by atomic mass is 32.2. The molecule has 1 amide bonds. The van der Waals surface area contributed by atoms with Crippen molar-refractivity contribution in [3.05, 3.63) is 47.3 Å². The van der Waals surface area contributed by atoms with E-state index < -0.39 is 21.9 Å². The van der Waals surface area contributed by atoms with Crippen molar-refractivity contribution in [3.8, 4) is 0 Å². The molecule has 0 spiro atoms. The van der Waals surface area contributed by atoms with Gasteiger partial charge in [0.1, 0.15) is 4.21 Å². The number of rotatable bonds is 5. The minimum Gasteiger partial charge on any atom is -0.465 e. The Bertz CT molecular complexity index is 925. The number of nitrogens with one attached hydrogen (secondary N) is 1. The lowest BCUT2D eigenvalue weighted by Crippen LogP contribution is -2.43. The second-order valence-electron chi connectivity index (χ2n) is 6.16. The molecule has 3 rings (SSSR count). The largest absolute Gasteiger partial charge is 0.465 e. The van der Waals surface area contributed by atoms with Crippen LogP contribution in [0.2, 0.25) is 0 Å². The number of ether oxygens (including phenoxy) is 1. The Hall–Kier alpha value is -2.23. The van der Waals surface area contributed by atoms with Crippen LogP contribution in [-0.4, -0.2) is 44.8 Å². The monoisotopic (exact) mass is 408 g/mol. The molecule has 1 atom stereocenters. The molecule has 2 aromatic rings. The summed E-state index contributed by atoms with van der Waals surface area (Å²) >= 11 is 1.16. The standard InChI is InChI=1S/C18H20N2O5S2/c1-25-18(22)14-7-2-3-8-15(14)19-17(21)13-6-4-10-20(12-13)27(23,24)16-9-5-11-26-16/h2-3,5,7-9,11,13H,4,6,10,12H2,1H3,(H,19,21). The van der Waals surface area contributed by atoms with E-state index >= 15 is 0 Å². The van der Waals surface area contributed by atoms with Crippen molar-refractivity contribution in [1.29, 1.82) is 0 Å². The topological polar surface area (TPSA) is 92.8 Å². The maximum Gasteiger partial charge on any atom is 0.339 e. The maximum atomic E-state index is 12.7. The summed E-state index contributed by atoms with van der Waals surface area (Å²) in [5, 5.41) is 4.46. The number of thiophene rings is 1. The lowest BCUT2D eigenvalue weighted by atomic mass is 9.98. The normalized spacial score (nSPS) is 18.0. The molecule has 27 heavy (non-hydrogen) atoms. The van der Waals surface area contributed by atoms with E-state index in [0.717, 1.165) is 11.3 Å². The zero-order valence-corrected chi connectivity index (χ0v) is 16.4. The SMILES string of the molecule is COC(=O)c1ccccc1NC(=O)C1CCCN(S(=O)(=O)c2cccs2)C1. The summed E-state index contributed by atoms with van der Waals surface area (Å²) in [5.74, 6) is -1.34. The summed E-state index contributed by atoms with van der Waals surface area (Å²) < 4.78 is 31.8. The van der Waals surface area contributed by atoms with Crippen molar-refractivity contribution in [2.24, 2.45) is 5.92 Å². The van der Waals surface area contributed by atoms with Crippen molar-refractivity contribution in [1.82, 2.24) is 4.31 Å². The number of hydrogen-bond donors (Lipinski definition) is 1. The van der Waals surface area contributed by atoms with Crippen molar-refractivity contribution in [2.75, 3.05) is 25.5 Å². The minimum absolute atomic E-state index is 0.118.